The first-order valence-electron chi connectivity index (χ1n) is 6.03. The fourth-order valence-corrected chi connectivity index (χ4v) is 2.65. The van der Waals surface area contributed by atoms with Crippen molar-refractivity contribution in [1.82, 2.24) is 4.98 Å². The van der Waals surface area contributed by atoms with E-state index in [9.17, 15) is 4.79 Å². The number of thiazole rings is 1. The lowest BCUT2D eigenvalue weighted by Crippen LogP contribution is -2.32. The van der Waals surface area contributed by atoms with E-state index in [0.717, 1.165) is 16.4 Å². The van der Waals surface area contributed by atoms with Crippen molar-refractivity contribution < 1.29 is 9.90 Å². The zero-order chi connectivity index (χ0) is 13.8. The van der Waals surface area contributed by atoms with Gasteiger partial charge < -0.3 is 10.0 Å². The summed E-state index contributed by atoms with van der Waals surface area (Å²) in [5.74, 6) is -0.845. The third-order valence-electron chi connectivity index (χ3n) is 2.93. The van der Waals surface area contributed by atoms with E-state index in [2.05, 4.69) is 4.98 Å². The van der Waals surface area contributed by atoms with Crippen molar-refractivity contribution in [1.29, 1.82) is 0 Å². The zero-order valence-electron chi connectivity index (χ0n) is 10.9. The van der Waals surface area contributed by atoms with Crippen LogP contribution < -0.4 is 4.90 Å². The monoisotopic (exact) mass is 276 g/mol. The van der Waals surface area contributed by atoms with Crippen LogP contribution in [0.1, 0.15) is 23.7 Å². The number of carboxylic acid groups (broad SMARTS) is 1. The van der Waals surface area contributed by atoms with Crippen LogP contribution in [0, 0.1) is 6.92 Å². The van der Waals surface area contributed by atoms with Gasteiger partial charge in [-0.1, -0.05) is 18.2 Å². The number of hydrogen-bond acceptors (Lipinski definition) is 4. The van der Waals surface area contributed by atoms with E-state index in [1.54, 1.807) is 11.3 Å². The molecule has 0 saturated carbocycles. The molecular formula is C14H16N2O2S. The van der Waals surface area contributed by atoms with E-state index in [-0.39, 0.29) is 12.6 Å². The summed E-state index contributed by atoms with van der Waals surface area (Å²) >= 11 is 1.58. The number of carbonyl (C=O) groups is 1. The highest BCUT2D eigenvalue weighted by Gasteiger charge is 2.20. The van der Waals surface area contributed by atoms with Crippen LogP contribution in [0.3, 0.4) is 0 Å². The minimum absolute atomic E-state index is 0.0399. The number of nitrogens with zero attached hydrogens (tertiary/aromatic N) is 2. The summed E-state index contributed by atoms with van der Waals surface area (Å²) in [6.45, 7) is 3.89. The number of aromatic nitrogens is 1. The average Bonchev–Trinajstić information content (AvgIpc) is 2.83. The molecule has 19 heavy (non-hydrogen) atoms. The molecular weight excluding hydrogens is 260 g/mol. The minimum Gasteiger partial charge on any atom is -0.480 e. The normalized spacial score (nSPS) is 12.1. The van der Waals surface area contributed by atoms with Gasteiger partial charge in [-0.15, -0.1) is 11.3 Å². The quantitative estimate of drug-likeness (QED) is 0.911. The molecule has 1 atom stereocenters. The smallest absolute Gasteiger partial charge is 0.323 e. The number of carboxylic acids is 1. The molecule has 0 bridgehead atoms. The highest BCUT2D eigenvalue weighted by Crippen LogP contribution is 2.27. The summed E-state index contributed by atoms with van der Waals surface area (Å²) in [7, 11) is 0. The lowest BCUT2D eigenvalue weighted by Gasteiger charge is -2.28. The highest BCUT2D eigenvalue weighted by atomic mass is 32.1. The Balaban J connectivity index is 2.30. The molecule has 5 heteroatoms. The maximum atomic E-state index is 11.1. The molecule has 0 aliphatic heterocycles. The number of aliphatic carboxylic acids is 1. The van der Waals surface area contributed by atoms with Crippen molar-refractivity contribution in [3.8, 4) is 0 Å². The average molecular weight is 276 g/mol. The molecule has 2 aromatic rings. The maximum Gasteiger partial charge on any atom is 0.323 e. The number of para-hydroxylation sites is 1. The number of rotatable bonds is 5. The second-order valence-electron chi connectivity index (χ2n) is 4.32. The van der Waals surface area contributed by atoms with Crippen LogP contribution in [-0.4, -0.2) is 22.6 Å². The van der Waals surface area contributed by atoms with E-state index in [0.29, 0.717) is 0 Å². The van der Waals surface area contributed by atoms with E-state index >= 15 is 0 Å². The molecule has 0 aliphatic rings. The summed E-state index contributed by atoms with van der Waals surface area (Å²) in [6, 6.07) is 9.49. The summed E-state index contributed by atoms with van der Waals surface area (Å²) < 4.78 is 0. The Labute approximate surface area is 116 Å². The van der Waals surface area contributed by atoms with E-state index < -0.39 is 5.97 Å². The van der Waals surface area contributed by atoms with E-state index in [4.69, 9.17) is 5.11 Å². The lowest BCUT2D eigenvalue weighted by molar-refractivity contribution is -0.135. The standard InChI is InChI=1S/C14H16N2O2S/c1-10(13-9-19-11(2)15-13)16(8-14(17)18)12-6-4-3-5-7-12/h3-7,9-10H,8H2,1-2H3,(H,17,18). The molecule has 1 N–H and O–H groups in total. The molecule has 1 heterocycles. The van der Waals surface area contributed by atoms with Gasteiger partial charge in [0.25, 0.3) is 0 Å². The molecule has 1 unspecified atom stereocenters. The largest absolute Gasteiger partial charge is 0.480 e. The topological polar surface area (TPSA) is 53.4 Å². The van der Waals surface area contributed by atoms with E-state index in [1.165, 1.54) is 0 Å². The van der Waals surface area contributed by atoms with Crippen LogP contribution in [0.15, 0.2) is 35.7 Å². The van der Waals surface area contributed by atoms with Crippen molar-refractivity contribution in [3.05, 3.63) is 46.4 Å². The molecule has 0 saturated heterocycles. The van der Waals surface area contributed by atoms with Crippen LogP contribution in [0.4, 0.5) is 5.69 Å². The molecule has 100 valence electrons. The summed E-state index contributed by atoms with van der Waals surface area (Å²) in [5.41, 5.74) is 1.80. The van der Waals surface area contributed by atoms with Gasteiger partial charge in [0.05, 0.1) is 16.7 Å². The van der Waals surface area contributed by atoms with Gasteiger partial charge in [0.15, 0.2) is 0 Å². The molecule has 0 spiro atoms. The predicted molar refractivity (Wildman–Crippen MR) is 76.7 cm³/mol. The van der Waals surface area contributed by atoms with Gasteiger partial charge in [-0.3, -0.25) is 4.79 Å². The van der Waals surface area contributed by atoms with Crippen LogP contribution >= 0.6 is 11.3 Å². The second kappa shape index (κ2) is 5.84. The summed E-state index contributed by atoms with van der Waals surface area (Å²) in [6.07, 6.45) is 0. The van der Waals surface area contributed by atoms with Gasteiger partial charge >= 0.3 is 5.97 Å². The lowest BCUT2D eigenvalue weighted by atomic mass is 10.2. The first-order valence-corrected chi connectivity index (χ1v) is 6.91. The van der Waals surface area contributed by atoms with Gasteiger partial charge in [-0.25, -0.2) is 4.98 Å². The molecule has 0 radical (unpaired) electrons. The minimum atomic E-state index is -0.845. The predicted octanol–water partition coefficient (Wildman–Crippen LogP) is 3.10. The van der Waals surface area contributed by atoms with Gasteiger partial charge in [0.2, 0.25) is 0 Å². The van der Waals surface area contributed by atoms with Gasteiger partial charge in [0, 0.05) is 11.1 Å². The highest BCUT2D eigenvalue weighted by molar-refractivity contribution is 7.09. The SMILES string of the molecule is Cc1nc(C(C)N(CC(=O)O)c2ccccc2)cs1. The van der Waals surface area contributed by atoms with Crippen molar-refractivity contribution in [2.75, 3.05) is 11.4 Å². The molecule has 1 aromatic heterocycles. The molecule has 0 amide bonds. The Bertz CT molecular complexity index is 554. The van der Waals surface area contributed by atoms with Crippen molar-refractivity contribution in [2.45, 2.75) is 19.9 Å². The molecule has 4 nitrogen and oxygen atoms in total. The van der Waals surface area contributed by atoms with Gasteiger partial charge in [-0.2, -0.15) is 0 Å². The number of aryl methyl sites for hydroxylation is 1. The Kier molecular flexibility index (Phi) is 4.16. The van der Waals surface area contributed by atoms with Crippen LogP contribution in [0.2, 0.25) is 0 Å². The van der Waals surface area contributed by atoms with Gasteiger partial charge in [-0.05, 0) is 26.0 Å². The summed E-state index contributed by atoms with van der Waals surface area (Å²) in [4.78, 5) is 17.4. The third kappa shape index (κ3) is 3.32. The fraction of sp³-hybridized carbons (Fsp3) is 0.286. The van der Waals surface area contributed by atoms with Crippen molar-refractivity contribution in [3.63, 3.8) is 0 Å². The second-order valence-corrected chi connectivity index (χ2v) is 5.39. The zero-order valence-corrected chi connectivity index (χ0v) is 11.7. The molecule has 1 aromatic carbocycles. The Morgan fingerprint density at radius 3 is 2.63 bits per heavy atom. The third-order valence-corrected chi connectivity index (χ3v) is 3.72. The maximum absolute atomic E-state index is 11.1. The molecule has 0 aliphatic carbocycles. The molecule has 0 fully saturated rings. The first kappa shape index (κ1) is 13.5. The van der Waals surface area contributed by atoms with Crippen molar-refractivity contribution >= 4 is 23.0 Å². The summed E-state index contributed by atoms with van der Waals surface area (Å²) in [5, 5.41) is 12.1. The number of hydrogen-bond donors (Lipinski definition) is 1. The van der Waals surface area contributed by atoms with Crippen LogP contribution in [0.5, 0.6) is 0 Å². The van der Waals surface area contributed by atoms with E-state index in [1.807, 2.05) is 54.5 Å². The van der Waals surface area contributed by atoms with Crippen molar-refractivity contribution in [2.24, 2.45) is 0 Å². The number of benzene rings is 1. The first-order chi connectivity index (χ1) is 9.08. The fourth-order valence-electron chi connectivity index (χ4n) is 1.95. The van der Waals surface area contributed by atoms with Gasteiger partial charge in [0.1, 0.15) is 6.54 Å². The Morgan fingerprint density at radius 2 is 2.11 bits per heavy atom. The van der Waals surface area contributed by atoms with Crippen LogP contribution in [0.25, 0.3) is 0 Å². The number of anilines is 1. The Hall–Kier alpha value is -1.88. The molecule has 2 rings (SSSR count). The Morgan fingerprint density at radius 1 is 1.42 bits per heavy atom. The van der Waals surface area contributed by atoms with Crippen LogP contribution in [-0.2, 0) is 4.79 Å².